The van der Waals surface area contributed by atoms with Crippen molar-refractivity contribution in [2.24, 2.45) is 0 Å². The Hall–Kier alpha value is -2.29. The first-order chi connectivity index (χ1) is 13.0. The van der Waals surface area contributed by atoms with Crippen LogP contribution in [0.15, 0.2) is 18.2 Å². The van der Waals surface area contributed by atoms with Crippen molar-refractivity contribution < 1.29 is 19.5 Å². The van der Waals surface area contributed by atoms with Gasteiger partial charge >= 0.3 is 0 Å². The highest BCUT2D eigenvalue weighted by atomic mass is 16.3. The number of β-amino-alcohol motifs (C(OH)–C–C–N with tert-alkyl or cyclic N) is 1. The SMILES string of the molecule is O=C1CCC(N2Cc3ccc(CN[C@H]4CCNC[C@@H]4O)cc3C2=O)C(=O)N1. The molecule has 0 aromatic heterocycles. The molecule has 2 fully saturated rings. The second-order valence-corrected chi connectivity index (χ2v) is 7.44. The lowest BCUT2D eigenvalue weighted by Crippen LogP contribution is -2.52. The van der Waals surface area contributed by atoms with Crippen LogP contribution in [0.3, 0.4) is 0 Å². The summed E-state index contributed by atoms with van der Waals surface area (Å²) in [4.78, 5) is 37.8. The van der Waals surface area contributed by atoms with Gasteiger partial charge in [-0.1, -0.05) is 12.1 Å². The van der Waals surface area contributed by atoms with Gasteiger partial charge in [0.25, 0.3) is 5.91 Å². The summed E-state index contributed by atoms with van der Waals surface area (Å²) in [7, 11) is 0. The van der Waals surface area contributed by atoms with Crippen LogP contribution in [-0.4, -0.2) is 59.0 Å². The van der Waals surface area contributed by atoms with Gasteiger partial charge < -0.3 is 20.6 Å². The van der Waals surface area contributed by atoms with Crippen LogP contribution in [0.4, 0.5) is 0 Å². The minimum Gasteiger partial charge on any atom is -0.390 e. The fraction of sp³-hybridized carbons (Fsp3) is 0.526. The molecule has 144 valence electrons. The topological polar surface area (TPSA) is 111 Å². The molecule has 4 rings (SSSR count). The number of aliphatic hydroxyl groups is 1. The second-order valence-electron chi connectivity index (χ2n) is 7.44. The van der Waals surface area contributed by atoms with E-state index in [2.05, 4.69) is 16.0 Å². The van der Waals surface area contributed by atoms with Crippen molar-refractivity contribution in [1.82, 2.24) is 20.9 Å². The highest BCUT2D eigenvalue weighted by molar-refractivity contribution is 6.05. The summed E-state index contributed by atoms with van der Waals surface area (Å²) in [6.07, 6.45) is 1.06. The smallest absolute Gasteiger partial charge is 0.255 e. The Balaban J connectivity index is 1.43. The Bertz CT molecular complexity index is 781. The van der Waals surface area contributed by atoms with E-state index in [1.165, 1.54) is 0 Å². The summed E-state index contributed by atoms with van der Waals surface area (Å²) in [5.41, 5.74) is 2.48. The zero-order valence-corrected chi connectivity index (χ0v) is 15.0. The summed E-state index contributed by atoms with van der Waals surface area (Å²) in [5.74, 6) is -0.841. The fourth-order valence-electron chi connectivity index (χ4n) is 4.04. The maximum absolute atomic E-state index is 12.8. The van der Waals surface area contributed by atoms with E-state index in [0.717, 1.165) is 24.1 Å². The third-order valence-electron chi connectivity index (χ3n) is 5.61. The number of piperidine rings is 2. The van der Waals surface area contributed by atoms with Crippen molar-refractivity contribution in [1.29, 1.82) is 0 Å². The molecule has 0 bridgehead atoms. The molecule has 3 aliphatic rings. The predicted molar refractivity (Wildman–Crippen MR) is 96.6 cm³/mol. The molecule has 1 unspecified atom stereocenters. The lowest BCUT2D eigenvalue weighted by atomic mass is 10.0. The molecule has 0 spiro atoms. The van der Waals surface area contributed by atoms with Crippen LogP contribution in [0.5, 0.6) is 0 Å². The number of fused-ring (bicyclic) bond motifs is 1. The average Bonchev–Trinajstić information content (AvgIpc) is 2.97. The second kappa shape index (κ2) is 7.38. The number of aliphatic hydroxyl groups excluding tert-OH is 1. The third-order valence-corrected chi connectivity index (χ3v) is 5.61. The Morgan fingerprint density at radius 1 is 1.22 bits per heavy atom. The lowest BCUT2D eigenvalue weighted by Gasteiger charge is -2.29. The van der Waals surface area contributed by atoms with Crippen LogP contribution < -0.4 is 16.0 Å². The number of hydrogen-bond donors (Lipinski definition) is 4. The van der Waals surface area contributed by atoms with Gasteiger partial charge in [-0.15, -0.1) is 0 Å². The fourth-order valence-corrected chi connectivity index (χ4v) is 4.04. The summed E-state index contributed by atoms with van der Waals surface area (Å²) in [5, 5.41) is 18.8. The number of carbonyl (C=O) groups excluding carboxylic acids is 3. The average molecular weight is 372 g/mol. The van der Waals surface area contributed by atoms with Crippen molar-refractivity contribution in [3.63, 3.8) is 0 Å². The van der Waals surface area contributed by atoms with E-state index in [0.29, 0.717) is 31.6 Å². The molecule has 3 amide bonds. The van der Waals surface area contributed by atoms with Crippen LogP contribution in [0.25, 0.3) is 0 Å². The highest BCUT2D eigenvalue weighted by Gasteiger charge is 2.39. The van der Waals surface area contributed by atoms with Gasteiger partial charge in [0.2, 0.25) is 11.8 Å². The number of imide groups is 1. The first-order valence-corrected chi connectivity index (χ1v) is 9.41. The first-order valence-electron chi connectivity index (χ1n) is 9.41. The number of amides is 3. The van der Waals surface area contributed by atoms with Gasteiger partial charge in [0, 0.05) is 37.7 Å². The molecule has 3 aliphatic heterocycles. The monoisotopic (exact) mass is 372 g/mol. The standard InChI is InChI=1S/C19H24N4O4/c24-16-9-20-6-5-14(16)21-8-11-1-2-12-10-23(19(27)13(12)7-11)15-3-4-17(25)22-18(15)26/h1-2,7,14-16,20-21,24H,3-6,8-10H2,(H,22,25,26)/t14-,15?,16-/m0/s1. The Morgan fingerprint density at radius 3 is 2.85 bits per heavy atom. The molecule has 8 nitrogen and oxygen atoms in total. The Morgan fingerprint density at radius 2 is 2.07 bits per heavy atom. The number of rotatable bonds is 4. The van der Waals surface area contributed by atoms with Crippen LogP contribution >= 0.6 is 0 Å². The third kappa shape index (κ3) is 3.60. The normalized spacial score (nSPS) is 28.3. The molecule has 1 aromatic rings. The van der Waals surface area contributed by atoms with E-state index < -0.39 is 18.1 Å². The molecular formula is C19H24N4O4. The number of benzene rings is 1. The van der Waals surface area contributed by atoms with E-state index in [4.69, 9.17) is 0 Å². The van der Waals surface area contributed by atoms with Gasteiger partial charge in [-0.2, -0.15) is 0 Å². The molecular weight excluding hydrogens is 348 g/mol. The zero-order valence-electron chi connectivity index (χ0n) is 15.0. The number of nitrogens with one attached hydrogen (secondary N) is 3. The molecule has 3 heterocycles. The number of nitrogens with zero attached hydrogens (tertiary/aromatic N) is 1. The van der Waals surface area contributed by atoms with Gasteiger partial charge in [-0.05, 0) is 36.6 Å². The first kappa shape index (κ1) is 18.1. The van der Waals surface area contributed by atoms with Crippen LogP contribution in [0.1, 0.15) is 40.7 Å². The van der Waals surface area contributed by atoms with E-state index in [1.807, 2.05) is 18.2 Å². The summed E-state index contributed by atoms with van der Waals surface area (Å²) < 4.78 is 0. The van der Waals surface area contributed by atoms with E-state index >= 15 is 0 Å². The highest BCUT2D eigenvalue weighted by Crippen LogP contribution is 2.28. The summed E-state index contributed by atoms with van der Waals surface area (Å²) >= 11 is 0. The molecule has 0 radical (unpaired) electrons. The van der Waals surface area contributed by atoms with Crippen LogP contribution in [0, 0.1) is 0 Å². The number of carbonyl (C=O) groups is 3. The van der Waals surface area contributed by atoms with Crippen molar-refractivity contribution in [3.8, 4) is 0 Å². The number of hydrogen-bond acceptors (Lipinski definition) is 6. The maximum atomic E-state index is 12.8. The molecule has 2 saturated heterocycles. The van der Waals surface area contributed by atoms with E-state index in [9.17, 15) is 19.5 Å². The Kier molecular flexibility index (Phi) is 4.94. The molecule has 27 heavy (non-hydrogen) atoms. The quantitative estimate of drug-likeness (QED) is 0.518. The van der Waals surface area contributed by atoms with Gasteiger partial charge in [0.1, 0.15) is 6.04 Å². The minimum absolute atomic E-state index is 0.0372. The minimum atomic E-state index is -0.589. The van der Waals surface area contributed by atoms with E-state index in [-0.39, 0.29) is 24.3 Å². The molecule has 0 saturated carbocycles. The van der Waals surface area contributed by atoms with Gasteiger partial charge in [0.15, 0.2) is 0 Å². The van der Waals surface area contributed by atoms with Crippen molar-refractivity contribution in [2.45, 2.75) is 50.5 Å². The summed E-state index contributed by atoms with van der Waals surface area (Å²) in [6, 6.07) is 5.21. The Labute approximate surface area is 157 Å². The van der Waals surface area contributed by atoms with Crippen molar-refractivity contribution >= 4 is 17.7 Å². The van der Waals surface area contributed by atoms with Gasteiger partial charge in [-0.3, -0.25) is 19.7 Å². The van der Waals surface area contributed by atoms with Crippen molar-refractivity contribution in [3.05, 3.63) is 34.9 Å². The molecule has 4 N–H and O–H groups in total. The lowest BCUT2D eigenvalue weighted by molar-refractivity contribution is -0.136. The maximum Gasteiger partial charge on any atom is 0.255 e. The van der Waals surface area contributed by atoms with Crippen LogP contribution in [-0.2, 0) is 22.7 Å². The van der Waals surface area contributed by atoms with Crippen LogP contribution in [0.2, 0.25) is 0 Å². The molecule has 0 aliphatic carbocycles. The molecule has 3 atom stereocenters. The zero-order chi connectivity index (χ0) is 19.0. The van der Waals surface area contributed by atoms with Gasteiger partial charge in [-0.25, -0.2) is 0 Å². The van der Waals surface area contributed by atoms with E-state index in [1.54, 1.807) is 4.90 Å². The summed E-state index contributed by atoms with van der Waals surface area (Å²) in [6.45, 7) is 2.42. The van der Waals surface area contributed by atoms with Crippen molar-refractivity contribution in [2.75, 3.05) is 13.1 Å². The predicted octanol–water partition coefficient (Wildman–Crippen LogP) is -0.740. The molecule has 1 aromatic carbocycles. The van der Waals surface area contributed by atoms with Gasteiger partial charge in [0.05, 0.1) is 6.10 Å². The largest absolute Gasteiger partial charge is 0.390 e. The molecule has 8 heteroatoms.